The first-order valence-electron chi connectivity index (χ1n) is 4.72. The van der Waals surface area contributed by atoms with Crippen molar-refractivity contribution in [2.75, 3.05) is 0 Å². The van der Waals surface area contributed by atoms with Gasteiger partial charge >= 0.3 is 0 Å². The summed E-state index contributed by atoms with van der Waals surface area (Å²) in [6, 6.07) is 0. The normalized spacial score (nSPS) is 14.9. The fourth-order valence-corrected chi connectivity index (χ4v) is 1.20. The summed E-state index contributed by atoms with van der Waals surface area (Å²) in [5.74, 6) is 0. The third kappa shape index (κ3) is 6.21. The average molecular weight is 168 g/mol. The lowest BCUT2D eigenvalue weighted by Crippen LogP contribution is -2.19. The maximum absolute atomic E-state index is 9.66. The van der Waals surface area contributed by atoms with Gasteiger partial charge < -0.3 is 5.11 Å². The third-order valence-corrected chi connectivity index (χ3v) is 1.95. The Bertz CT molecular complexity index is 152. The van der Waals surface area contributed by atoms with E-state index in [0.29, 0.717) is 0 Å². The second-order valence-corrected chi connectivity index (χ2v) is 3.52. The largest absolute Gasteiger partial charge is 0.385 e. The van der Waals surface area contributed by atoms with Gasteiger partial charge in [-0.05, 0) is 19.4 Å². The first-order chi connectivity index (χ1) is 5.62. The Hall–Kier alpha value is -0.520. The minimum atomic E-state index is -0.699. The second kappa shape index (κ2) is 6.05. The van der Waals surface area contributed by atoms with E-state index in [-0.39, 0.29) is 0 Å². The molecule has 70 valence electrons. The average Bonchev–Trinajstić information content (AvgIpc) is 1.98. The first-order valence-corrected chi connectivity index (χ1v) is 4.72. The van der Waals surface area contributed by atoms with Crippen molar-refractivity contribution in [2.24, 2.45) is 0 Å². The van der Waals surface area contributed by atoms with Crippen LogP contribution in [-0.4, -0.2) is 10.7 Å². The van der Waals surface area contributed by atoms with Crippen LogP contribution in [-0.2, 0) is 0 Å². The molecule has 1 unspecified atom stereocenters. The molecule has 0 saturated heterocycles. The molecule has 0 aromatic carbocycles. The van der Waals surface area contributed by atoms with Crippen molar-refractivity contribution in [1.82, 2.24) is 0 Å². The Morgan fingerprint density at radius 2 is 2.08 bits per heavy atom. The molecular weight excluding hydrogens is 148 g/mol. The molecule has 1 N–H and O–H groups in total. The Labute approximate surface area is 75.8 Å². The van der Waals surface area contributed by atoms with E-state index < -0.39 is 5.60 Å². The maximum atomic E-state index is 9.66. The highest BCUT2D eigenvalue weighted by Gasteiger charge is 2.14. The molecule has 0 heterocycles. The Morgan fingerprint density at radius 3 is 2.58 bits per heavy atom. The van der Waals surface area contributed by atoms with Crippen molar-refractivity contribution >= 4 is 0 Å². The lowest BCUT2D eigenvalue weighted by molar-refractivity contribution is 0.0987. The van der Waals surface area contributed by atoms with E-state index in [0.717, 1.165) is 12.8 Å². The minimum Gasteiger partial charge on any atom is -0.385 e. The molecule has 0 aliphatic carbocycles. The monoisotopic (exact) mass is 168 g/mol. The Balaban J connectivity index is 3.54. The minimum absolute atomic E-state index is 0.699. The van der Waals surface area contributed by atoms with Gasteiger partial charge in [0.1, 0.15) is 0 Å². The molecule has 0 aromatic rings. The SMILES string of the molecule is C=C=CC(C)(O)CCCCCC. The van der Waals surface area contributed by atoms with Crippen LogP contribution in [0.3, 0.4) is 0 Å². The molecule has 1 heteroatoms. The summed E-state index contributed by atoms with van der Waals surface area (Å²) in [6.07, 6.45) is 7.23. The summed E-state index contributed by atoms with van der Waals surface area (Å²) in [5, 5.41) is 9.66. The van der Waals surface area contributed by atoms with Crippen LogP contribution in [0.1, 0.15) is 46.0 Å². The van der Waals surface area contributed by atoms with Crippen molar-refractivity contribution in [3.05, 3.63) is 18.4 Å². The predicted octanol–water partition coefficient (Wildman–Crippen LogP) is 3.05. The second-order valence-electron chi connectivity index (χ2n) is 3.52. The van der Waals surface area contributed by atoms with Gasteiger partial charge in [-0.2, -0.15) is 0 Å². The maximum Gasteiger partial charge on any atom is 0.0872 e. The standard InChI is InChI=1S/C11H20O/c1-4-6-7-8-10-11(3,12)9-5-2/h9,12H,2,4,6-8,10H2,1,3H3. The van der Waals surface area contributed by atoms with E-state index in [1.165, 1.54) is 19.3 Å². The molecule has 0 saturated carbocycles. The smallest absolute Gasteiger partial charge is 0.0872 e. The lowest BCUT2D eigenvalue weighted by Gasteiger charge is -2.17. The topological polar surface area (TPSA) is 20.2 Å². The van der Waals surface area contributed by atoms with Gasteiger partial charge in [-0.25, -0.2) is 0 Å². The molecule has 1 nitrogen and oxygen atoms in total. The molecule has 0 rings (SSSR count). The van der Waals surface area contributed by atoms with Gasteiger partial charge in [0.15, 0.2) is 0 Å². The zero-order chi connectivity index (χ0) is 9.45. The van der Waals surface area contributed by atoms with Crippen LogP contribution in [0.15, 0.2) is 18.4 Å². The molecule has 0 aliphatic rings. The number of unbranched alkanes of at least 4 members (excludes halogenated alkanes) is 3. The highest BCUT2D eigenvalue weighted by Crippen LogP contribution is 2.15. The van der Waals surface area contributed by atoms with E-state index in [9.17, 15) is 5.11 Å². The number of aliphatic hydroxyl groups is 1. The van der Waals surface area contributed by atoms with Crippen molar-refractivity contribution in [1.29, 1.82) is 0 Å². The highest BCUT2D eigenvalue weighted by atomic mass is 16.3. The van der Waals surface area contributed by atoms with E-state index in [1.807, 2.05) is 0 Å². The molecule has 0 bridgehead atoms. The summed E-state index contributed by atoms with van der Waals surface area (Å²) in [5.41, 5.74) is 1.92. The zero-order valence-electron chi connectivity index (χ0n) is 8.27. The molecule has 0 fully saturated rings. The fourth-order valence-electron chi connectivity index (χ4n) is 1.20. The fraction of sp³-hybridized carbons (Fsp3) is 0.727. The number of hydrogen-bond acceptors (Lipinski definition) is 1. The van der Waals surface area contributed by atoms with E-state index >= 15 is 0 Å². The van der Waals surface area contributed by atoms with Gasteiger partial charge in [-0.3, -0.25) is 0 Å². The van der Waals surface area contributed by atoms with Gasteiger partial charge in [-0.15, -0.1) is 5.73 Å². The quantitative estimate of drug-likeness (QED) is 0.477. The van der Waals surface area contributed by atoms with Crippen LogP contribution in [0, 0.1) is 0 Å². The van der Waals surface area contributed by atoms with Crippen LogP contribution in [0.5, 0.6) is 0 Å². The van der Waals surface area contributed by atoms with Crippen LogP contribution in [0.2, 0.25) is 0 Å². The Kier molecular flexibility index (Phi) is 5.79. The number of rotatable bonds is 6. The van der Waals surface area contributed by atoms with E-state index in [2.05, 4.69) is 19.2 Å². The number of hydrogen-bond donors (Lipinski definition) is 1. The van der Waals surface area contributed by atoms with Gasteiger partial charge in [0.2, 0.25) is 0 Å². The highest BCUT2D eigenvalue weighted by molar-refractivity contribution is 4.95. The molecule has 1 atom stereocenters. The molecule has 0 amide bonds. The third-order valence-electron chi connectivity index (χ3n) is 1.95. The summed E-state index contributed by atoms with van der Waals surface area (Å²) in [6.45, 7) is 7.43. The zero-order valence-corrected chi connectivity index (χ0v) is 8.27. The van der Waals surface area contributed by atoms with E-state index in [1.54, 1.807) is 13.0 Å². The summed E-state index contributed by atoms with van der Waals surface area (Å²) < 4.78 is 0. The first kappa shape index (κ1) is 11.5. The van der Waals surface area contributed by atoms with Gasteiger partial charge in [0.25, 0.3) is 0 Å². The lowest BCUT2D eigenvalue weighted by atomic mass is 9.98. The summed E-state index contributed by atoms with van der Waals surface area (Å²) in [4.78, 5) is 0. The van der Waals surface area contributed by atoms with Crippen molar-refractivity contribution in [3.63, 3.8) is 0 Å². The van der Waals surface area contributed by atoms with Crippen molar-refractivity contribution < 1.29 is 5.11 Å². The van der Waals surface area contributed by atoms with Gasteiger partial charge in [-0.1, -0.05) is 39.2 Å². The molecule has 0 aromatic heterocycles. The molecule has 0 radical (unpaired) electrons. The van der Waals surface area contributed by atoms with Crippen LogP contribution < -0.4 is 0 Å². The van der Waals surface area contributed by atoms with Gasteiger partial charge in [0, 0.05) is 0 Å². The Morgan fingerprint density at radius 1 is 1.42 bits per heavy atom. The molecular formula is C11H20O. The molecule has 12 heavy (non-hydrogen) atoms. The molecule has 0 aliphatic heterocycles. The molecule has 0 spiro atoms. The van der Waals surface area contributed by atoms with Crippen LogP contribution >= 0.6 is 0 Å². The van der Waals surface area contributed by atoms with Crippen molar-refractivity contribution in [3.8, 4) is 0 Å². The van der Waals surface area contributed by atoms with Crippen molar-refractivity contribution in [2.45, 2.75) is 51.6 Å². The van der Waals surface area contributed by atoms with Gasteiger partial charge in [0.05, 0.1) is 5.60 Å². The predicted molar refractivity (Wildman–Crippen MR) is 53.1 cm³/mol. The van der Waals surface area contributed by atoms with Crippen LogP contribution in [0.25, 0.3) is 0 Å². The summed E-state index contributed by atoms with van der Waals surface area (Å²) >= 11 is 0. The van der Waals surface area contributed by atoms with Crippen LogP contribution in [0.4, 0.5) is 0 Å². The summed E-state index contributed by atoms with van der Waals surface area (Å²) in [7, 11) is 0. The van der Waals surface area contributed by atoms with E-state index in [4.69, 9.17) is 0 Å².